The quantitative estimate of drug-likeness (QED) is 0.113. The van der Waals surface area contributed by atoms with Crippen molar-refractivity contribution in [2.75, 3.05) is 7.11 Å². The van der Waals surface area contributed by atoms with Crippen LogP contribution in [0.5, 0.6) is 17.2 Å². The summed E-state index contributed by atoms with van der Waals surface area (Å²) in [7, 11) is 1.67. The van der Waals surface area contributed by atoms with Gasteiger partial charge in [-0.05, 0) is 48.4 Å². The van der Waals surface area contributed by atoms with Gasteiger partial charge in [-0.25, -0.2) is 4.98 Å². The second kappa shape index (κ2) is 15.4. The predicted octanol–water partition coefficient (Wildman–Crippen LogP) is 12.1. The number of rotatable bonds is 8. The van der Waals surface area contributed by atoms with Crippen LogP contribution in [0.15, 0.2) is 139 Å². The van der Waals surface area contributed by atoms with Gasteiger partial charge in [0.2, 0.25) is 0 Å². The summed E-state index contributed by atoms with van der Waals surface area (Å²) in [4.78, 5) is 4.71. The van der Waals surface area contributed by atoms with E-state index in [0.717, 1.165) is 73.6 Å². The van der Waals surface area contributed by atoms with E-state index in [0.29, 0.717) is 23.3 Å². The minimum Gasteiger partial charge on any atom is -0.509 e. The van der Waals surface area contributed by atoms with Crippen LogP contribution in [0.2, 0.25) is 0 Å². The number of hydrogen-bond donors (Lipinski definition) is 0. The molecule has 7 heteroatoms. The number of para-hydroxylation sites is 1. The summed E-state index contributed by atoms with van der Waals surface area (Å²) >= 11 is 0. The molecule has 8 aromatic rings. The number of pyridine rings is 1. The molecule has 0 radical (unpaired) electrons. The minimum atomic E-state index is 0. The Balaban J connectivity index is 0.00000441. The maximum atomic E-state index is 6.67. The molecule has 56 heavy (non-hydrogen) atoms. The van der Waals surface area contributed by atoms with Gasteiger partial charge in [-0.2, -0.15) is 16.7 Å². The molecular weight excluding hydrogens is 872 g/mol. The second-order valence-electron chi connectivity index (χ2n) is 14.8. The van der Waals surface area contributed by atoms with Gasteiger partial charge in [0.15, 0.2) is 0 Å². The molecule has 0 saturated heterocycles. The largest absolute Gasteiger partial charge is 2.00 e. The molecule has 3 atom stereocenters. The number of methoxy groups -OCH3 is 1. The summed E-state index contributed by atoms with van der Waals surface area (Å²) < 4.78 is 16.4. The molecule has 0 amide bonds. The molecule has 3 heterocycles. The minimum absolute atomic E-state index is 0. The summed E-state index contributed by atoms with van der Waals surface area (Å²) in [6.07, 6.45) is 5.34. The number of nitrogens with zero attached hydrogens (tertiary/aromatic N) is 4. The standard InChI is InChI=1S/C49H42N4O2.Pt/c1-31-24-33(3)46(34(4)25-31)47-48(35-14-8-6-9-15-35)51-53(49(47)36-16-10-7-11-17-36)37-26-32(2)27-40(28-37)55-39-20-21-42-41-18-12-13-19-43(41)52(44(42)29-39)45-30-38(54-5)22-23-50-45;/h6-24,26-27,30-31,34,46H,25H2,1-5H3;/q-2;+2/t31-,34-,46?;/m0./s1. The Morgan fingerprint density at radius 3 is 2.23 bits per heavy atom. The molecule has 5 aromatic carbocycles. The van der Waals surface area contributed by atoms with E-state index < -0.39 is 0 Å². The zero-order valence-electron chi connectivity index (χ0n) is 32.1. The van der Waals surface area contributed by atoms with E-state index in [4.69, 9.17) is 19.6 Å². The summed E-state index contributed by atoms with van der Waals surface area (Å²) in [6.45, 7) is 9.09. The van der Waals surface area contributed by atoms with Gasteiger partial charge in [-0.15, -0.1) is 35.7 Å². The van der Waals surface area contributed by atoms with Crippen molar-refractivity contribution in [3.63, 3.8) is 0 Å². The van der Waals surface area contributed by atoms with Crippen LogP contribution >= 0.6 is 0 Å². The third-order valence-electron chi connectivity index (χ3n) is 10.8. The van der Waals surface area contributed by atoms with E-state index in [1.807, 2.05) is 30.3 Å². The van der Waals surface area contributed by atoms with Crippen molar-refractivity contribution in [2.24, 2.45) is 11.8 Å². The maximum Gasteiger partial charge on any atom is 2.00 e. The van der Waals surface area contributed by atoms with Crippen LogP contribution in [0, 0.1) is 30.9 Å². The molecule has 0 aliphatic heterocycles. The van der Waals surface area contributed by atoms with Crippen molar-refractivity contribution in [1.82, 2.24) is 19.3 Å². The Hall–Kier alpha value is -5.71. The molecule has 0 bridgehead atoms. The zero-order chi connectivity index (χ0) is 37.6. The number of aromatic nitrogens is 4. The molecule has 6 nitrogen and oxygen atoms in total. The number of hydrogen-bond acceptors (Lipinski definition) is 4. The van der Waals surface area contributed by atoms with Crippen LogP contribution < -0.4 is 9.47 Å². The molecule has 0 saturated carbocycles. The first kappa shape index (κ1) is 37.2. The van der Waals surface area contributed by atoms with Crippen LogP contribution in [-0.4, -0.2) is 26.4 Å². The van der Waals surface area contributed by atoms with E-state index >= 15 is 0 Å². The number of ether oxygens (including phenoxy) is 2. The first-order valence-corrected chi connectivity index (χ1v) is 19.0. The molecule has 280 valence electrons. The number of allylic oxidation sites excluding steroid dienone is 2. The van der Waals surface area contributed by atoms with Gasteiger partial charge in [0, 0.05) is 51.9 Å². The number of fused-ring (bicyclic) bond motifs is 3. The third-order valence-corrected chi connectivity index (χ3v) is 10.8. The van der Waals surface area contributed by atoms with Gasteiger partial charge in [0.25, 0.3) is 0 Å². The molecule has 9 rings (SSSR count). The average Bonchev–Trinajstić information content (AvgIpc) is 3.74. The summed E-state index contributed by atoms with van der Waals surface area (Å²) in [5.41, 5.74) is 10.7. The van der Waals surface area contributed by atoms with Crippen molar-refractivity contribution in [1.29, 1.82) is 0 Å². The topological polar surface area (TPSA) is 54.1 Å². The van der Waals surface area contributed by atoms with Gasteiger partial charge >= 0.3 is 21.1 Å². The fourth-order valence-corrected chi connectivity index (χ4v) is 8.66. The third kappa shape index (κ3) is 6.77. The number of aryl methyl sites for hydroxylation is 1. The van der Waals surface area contributed by atoms with Gasteiger partial charge in [0.05, 0.1) is 18.5 Å². The van der Waals surface area contributed by atoms with Crippen molar-refractivity contribution >= 4 is 21.8 Å². The Morgan fingerprint density at radius 1 is 0.750 bits per heavy atom. The van der Waals surface area contributed by atoms with E-state index in [9.17, 15) is 0 Å². The van der Waals surface area contributed by atoms with E-state index in [-0.39, 0.29) is 27.0 Å². The molecule has 1 aliphatic rings. The molecule has 1 unspecified atom stereocenters. The molecule has 3 aromatic heterocycles. The van der Waals surface area contributed by atoms with Gasteiger partial charge in [-0.3, -0.25) is 4.68 Å². The predicted molar refractivity (Wildman–Crippen MR) is 221 cm³/mol. The van der Waals surface area contributed by atoms with Crippen molar-refractivity contribution < 1.29 is 30.5 Å². The van der Waals surface area contributed by atoms with Crippen molar-refractivity contribution in [2.45, 2.75) is 40.0 Å². The summed E-state index contributed by atoms with van der Waals surface area (Å²) in [5.74, 6) is 3.83. The van der Waals surface area contributed by atoms with Crippen molar-refractivity contribution in [3.05, 3.63) is 162 Å². The van der Waals surface area contributed by atoms with Gasteiger partial charge in [-0.1, -0.05) is 117 Å². The Labute approximate surface area is 342 Å². The smallest absolute Gasteiger partial charge is 0.509 e. The van der Waals surface area contributed by atoms with Crippen LogP contribution in [-0.2, 0) is 21.1 Å². The molecule has 1 aliphatic carbocycles. The van der Waals surface area contributed by atoms with E-state index in [1.54, 1.807) is 13.3 Å². The summed E-state index contributed by atoms with van der Waals surface area (Å²) in [5, 5.41) is 7.65. The molecule has 0 N–H and O–H groups in total. The molecule has 0 spiro atoms. The Kier molecular flexibility index (Phi) is 10.3. The second-order valence-corrected chi connectivity index (χ2v) is 14.8. The van der Waals surface area contributed by atoms with Crippen LogP contribution in [0.3, 0.4) is 0 Å². The Bertz CT molecular complexity index is 2720. The first-order valence-electron chi connectivity index (χ1n) is 19.0. The van der Waals surface area contributed by atoms with Crippen molar-refractivity contribution in [3.8, 4) is 51.3 Å². The fourth-order valence-electron chi connectivity index (χ4n) is 8.66. The molecular formula is C49H42N4O2Pt. The van der Waals surface area contributed by atoms with Gasteiger partial charge in [0.1, 0.15) is 11.6 Å². The number of benzene rings is 5. The van der Waals surface area contributed by atoms with Crippen LogP contribution in [0.1, 0.15) is 44.2 Å². The molecule has 0 fully saturated rings. The Morgan fingerprint density at radius 2 is 1.48 bits per heavy atom. The van der Waals surface area contributed by atoms with E-state index in [2.05, 4.69) is 146 Å². The van der Waals surface area contributed by atoms with Crippen LogP contribution in [0.4, 0.5) is 0 Å². The summed E-state index contributed by atoms with van der Waals surface area (Å²) in [6, 6.07) is 48.8. The van der Waals surface area contributed by atoms with E-state index in [1.165, 1.54) is 11.1 Å². The average molecular weight is 914 g/mol. The first-order chi connectivity index (χ1) is 26.9. The van der Waals surface area contributed by atoms with Gasteiger partial charge < -0.3 is 14.0 Å². The maximum absolute atomic E-state index is 6.67. The van der Waals surface area contributed by atoms with Crippen LogP contribution in [0.25, 0.3) is 55.8 Å². The monoisotopic (exact) mass is 913 g/mol. The normalized spacial score (nSPS) is 16.7. The SMILES string of the molecule is COc1ccnc(-n2c3[c-]c(Oc4[c-]c(-n5nc(-c6ccccc6)c(C6C(C)=C[C@H](C)C[C@@H]6C)c5-c5ccccc5)cc(C)c4)ccc3c3ccccc32)c1.[Pt+2]. The fraction of sp³-hybridized carbons (Fsp3) is 0.184. The zero-order valence-corrected chi connectivity index (χ0v) is 34.3.